The molecule has 0 bridgehead atoms. The number of carbonyl (C=O) groups excluding carboxylic acids is 1. The highest BCUT2D eigenvalue weighted by atomic mass is 16.2. The van der Waals surface area contributed by atoms with Gasteiger partial charge in [-0.15, -0.1) is 5.10 Å². The summed E-state index contributed by atoms with van der Waals surface area (Å²) in [5, 5.41) is 16.5. The normalized spacial score (nSPS) is 15.2. The molecule has 1 fully saturated rings. The number of aromatic amines is 2. The summed E-state index contributed by atoms with van der Waals surface area (Å²) < 4.78 is 0. The fourth-order valence-corrected chi connectivity index (χ4v) is 1.86. The number of H-pyrrole nitrogens is 2. The van der Waals surface area contributed by atoms with Gasteiger partial charge in [0.05, 0.1) is 6.54 Å². The van der Waals surface area contributed by atoms with Crippen LogP contribution >= 0.6 is 0 Å². The molecule has 8 heteroatoms. The molecule has 0 unspecified atom stereocenters. The van der Waals surface area contributed by atoms with Crippen LogP contribution in [0.3, 0.4) is 0 Å². The van der Waals surface area contributed by atoms with Crippen LogP contribution in [0.15, 0.2) is 0 Å². The van der Waals surface area contributed by atoms with E-state index >= 15 is 0 Å². The van der Waals surface area contributed by atoms with E-state index in [1.165, 1.54) is 0 Å². The Labute approximate surface area is 122 Å². The lowest BCUT2D eigenvalue weighted by Crippen LogP contribution is -2.25. The maximum Gasteiger partial charge on any atom is 0.291 e. The average Bonchev–Trinajstić information content (AvgIpc) is 2.97. The fourth-order valence-electron chi connectivity index (χ4n) is 1.86. The zero-order chi connectivity index (χ0) is 15.0. The summed E-state index contributed by atoms with van der Waals surface area (Å²) in [5.41, 5.74) is -0.171. The van der Waals surface area contributed by atoms with Crippen LogP contribution in [-0.2, 0) is 12.0 Å². The summed E-state index contributed by atoms with van der Waals surface area (Å²) in [5.74, 6) is 2.48. The van der Waals surface area contributed by atoms with Gasteiger partial charge in [-0.2, -0.15) is 5.10 Å². The van der Waals surface area contributed by atoms with Gasteiger partial charge in [0.2, 0.25) is 5.82 Å². The summed E-state index contributed by atoms with van der Waals surface area (Å²) in [6.45, 7) is 6.30. The number of rotatable bonds is 4. The summed E-state index contributed by atoms with van der Waals surface area (Å²) in [4.78, 5) is 20.6. The van der Waals surface area contributed by atoms with E-state index in [2.05, 4.69) is 35.7 Å². The maximum atomic E-state index is 12.0. The Hall–Kier alpha value is -2.25. The van der Waals surface area contributed by atoms with E-state index in [0.717, 1.165) is 18.7 Å². The largest absolute Gasteiger partial charge is 0.342 e. The minimum Gasteiger partial charge on any atom is -0.342 e. The Bertz CT molecular complexity index is 648. The molecule has 21 heavy (non-hydrogen) atoms. The minimum atomic E-state index is -0.328. The van der Waals surface area contributed by atoms with Crippen molar-refractivity contribution in [3.05, 3.63) is 23.3 Å². The number of hydrogen-bond acceptors (Lipinski definition) is 5. The zero-order valence-electron chi connectivity index (χ0n) is 12.4. The van der Waals surface area contributed by atoms with Crippen LogP contribution in [0.25, 0.3) is 0 Å². The first-order valence-corrected chi connectivity index (χ1v) is 7.06. The lowest BCUT2D eigenvalue weighted by molar-refractivity contribution is 0.0940. The Morgan fingerprint density at radius 2 is 2.00 bits per heavy atom. The van der Waals surface area contributed by atoms with Gasteiger partial charge >= 0.3 is 0 Å². The van der Waals surface area contributed by atoms with Gasteiger partial charge in [0.1, 0.15) is 11.6 Å². The number of carbonyl (C=O) groups is 1. The molecule has 2 heterocycles. The highest BCUT2D eigenvalue weighted by molar-refractivity contribution is 5.90. The maximum absolute atomic E-state index is 12.0. The molecule has 0 saturated heterocycles. The Morgan fingerprint density at radius 3 is 2.62 bits per heavy atom. The molecule has 0 aromatic carbocycles. The van der Waals surface area contributed by atoms with Crippen molar-refractivity contribution < 1.29 is 4.79 Å². The van der Waals surface area contributed by atoms with Crippen molar-refractivity contribution in [2.45, 2.75) is 51.5 Å². The summed E-state index contributed by atoms with van der Waals surface area (Å²) in [6, 6.07) is 0. The molecule has 0 spiro atoms. The third-order valence-electron chi connectivity index (χ3n) is 3.31. The molecule has 8 nitrogen and oxygen atoms in total. The van der Waals surface area contributed by atoms with Crippen LogP contribution in [0.2, 0.25) is 0 Å². The number of nitrogens with one attached hydrogen (secondary N) is 3. The van der Waals surface area contributed by atoms with Crippen LogP contribution < -0.4 is 5.32 Å². The molecular weight excluding hydrogens is 270 g/mol. The van der Waals surface area contributed by atoms with Gasteiger partial charge in [-0.1, -0.05) is 20.8 Å². The van der Waals surface area contributed by atoms with Crippen molar-refractivity contribution in [3.63, 3.8) is 0 Å². The third-order valence-corrected chi connectivity index (χ3v) is 3.31. The number of aromatic nitrogens is 6. The molecular formula is C13H19N7O. The third kappa shape index (κ3) is 3.09. The molecule has 1 aliphatic carbocycles. The quantitative estimate of drug-likeness (QED) is 0.778. The van der Waals surface area contributed by atoms with E-state index in [1.54, 1.807) is 0 Å². The SMILES string of the molecule is CC(C)(C)c1nc(C(=O)NCc2nc(C3CC3)n[nH]2)n[nH]1. The summed E-state index contributed by atoms with van der Waals surface area (Å²) in [7, 11) is 0. The molecule has 3 N–H and O–H groups in total. The van der Waals surface area contributed by atoms with Crippen molar-refractivity contribution >= 4 is 5.91 Å². The topological polar surface area (TPSA) is 112 Å². The van der Waals surface area contributed by atoms with E-state index < -0.39 is 0 Å². The van der Waals surface area contributed by atoms with Gasteiger partial charge < -0.3 is 5.32 Å². The van der Waals surface area contributed by atoms with Crippen LogP contribution in [0.4, 0.5) is 0 Å². The average molecular weight is 289 g/mol. The van der Waals surface area contributed by atoms with Crippen molar-refractivity contribution in [3.8, 4) is 0 Å². The molecule has 1 aliphatic rings. The van der Waals surface area contributed by atoms with Gasteiger partial charge in [0.25, 0.3) is 5.91 Å². The summed E-state index contributed by atoms with van der Waals surface area (Å²) in [6.07, 6.45) is 2.30. The van der Waals surface area contributed by atoms with Crippen LogP contribution in [0.5, 0.6) is 0 Å². The predicted molar refractivity (Wildman–Crippen MR) is 74.6 cm³/mol. The predicted octanol–water partition coefficient (Wildman–Crippen LogP) is 1.03. The molecule has 2 aromatic heterocycles. The molecule has 3 rings (SSSR count). The first-order valence-electron chi connectivity index (χ1n) is 7.06. The molecule has 2 aromatic rings. The van der Waals surface area contributed by atoms with Crippen LogP contribution in [0.1, 0.15) is 67.6 Å². The monoisotopic (exact) mass is 289 g/mol. The van der Waals surface area contributed by atoms with E-state index in [1.807, 2.05) is 20.8 Å². The standard InChI is InChI=1S/C13H19N7O/c1-13(2,3)12-16-10(19-20-12)11(21)14-6-8-15-9(18-17-8)7-4-5-7/h7H,4-6H2,1-3H3,(H,14,21)(H,15,17,18)(H,16,19,20). The molecule has 0 atom stereocenters. The highest BCUT2D eigenvalue weighted by Crippen LogP contribution is 2.37. The summed E-state index contributed by atoms with van der Waals surface area (Å²) >= 11 is 0. The van der Waals surface area contributed by atoms with Gasteiger partial charge in [-0.05, 0) is 12.8 Å². The van der Waals surface area contributed by atoms with Crippen molar-refractivity contribution in [1.29, 1.82) is 0 Å². The number of nitrogens with zero attached hydrogens (tertiary/aromatic N) is 4. The highest BCUT2D eigenvalue weighted by Gasteiger charge is 2.27. The molecule has 0 aliphatic heterocycles. The number of hydrogen-bond donors (Lipinski definition) is 3. The Kier molecular flexibility index (Phi) is 3.23. The fraction of sp³-hybridized carbons (Fsp3) is 0.615. The van der Waals surface area contributed by atoms with Crippen molar-refractivity contribution in [1.82, 2.24) is 35.7 Å². The van der Waals surface area contributed by atoms with E-state index in [-0.39, 0.29) is 23.7 Å². The van der Waals surface area contributed by atoms with Gasteiger partial charge in [-0.25, -0.2) is 9.97 Å². The second-order valence-corrected chi connectivity index (χ2v) is 6.35. The van der Waals surface area contributed by atoms with Gasteiger partial charge in [0.15, 0.2) is 5.82 Å². The second-order valence-electron chi connectivity index (χ2n) is 6.35. The second kappa shape index (κ2) is 4.94. The first-order chi connectivity index (χ1) is 9.93. The van der Waals surface area contributed by atoms with Crippen molar-refractivity contribution in [2.24, 2.45) is 0 Å². The van der Waals surface area contributed by atoms with Gasteiger partial charge in [-0.3, -0.25) is 15.0 Å². The van der Waals surface area contributed by atoms with E-state index in [9.17, 15) is 4.79 Å². The van der Waals surface area contributed by atoms with Crippen LogP contribution in [-0.4, -0.2) is 36.3 Å². The Balaban J connectivity index is 1.59. The Morgan fingerprint density at radius 1 is 1.24 bits per heavy atom. The van der Waals surface area contributed by atoms with Crippen LogP contribution in [0, 0.1) is 0 Å². The number of amides is 1. The lowest BCUT2D eigenvalue weighted by atomic mass is 9.96. The zero-order valence-corrected chi connectivity index (χ0v) is 12.4. The molecule has 1 amide bonds. The minimum absolute atomic E-state index is 0.141. The lowest BCUT2D eigenvalue weighted by Gasteiger charge is -2.12. The smallest absolute Gasteiger partial charge is 0.291 e. The van der Waals surface area contributed by atoms with E-state index in [4.69, 9.17) is 0 Å². The molecule has 1 saturated carbocycles. The molecule has 112 valence electrons. The first kappa shape index (κ1) is 13.7. The van der Waals surface area contributed by atoms with Crippen molar-refractivity contribution in [2.75, 3.05) is 0 Å². The van der Waals surface area contributed by atoms with Gasteiger partial charge in [0, 0.05) is 11.3 Å². The van der Waals surface area contributed by atoms with E-state index in [0.29, 0.717) is 17.6 Å². The molecule has 0 radical (unpaired) electrons.